The summed E-state index contributed by atoms with van der Waals surface area (Å²) in [7, 11) is 0. The van der Waals surface area contributed by atoms with Gasteiger partial charge >= 0.3 is 5.97 Å². The van der Waals surface area contributed by atoms with Crippen LogP contribution in [0.3, 0.4) is 0 Å². The summed E-state index contributed by atoms with van der Waals surface area (Å²) in [5.41, 5.74) is 2.49. The summed E-state index contributed by atoms with van der Waals surface area (Å²) in [5, 5.41) is 16.1. The average Bonchev–Trinajstić information content (AvgIpc) is 2.75. The number of halogens is 1. The number of carboxylic acids is 1. The molecule has 0 spiro atoms. The topological polar surface area (TPSA) is 66.0 Å². The number of hydrogen-bond acceptors (Lipinski definition) is 2. The molecule has 1 heterocycles. The molecule has 4 nitrogen and oxygen atoms in total. The lowest BCUT2D eigenvalue weighted by Crippen LogP contribution is -1.97. The fourth-order valence-corrected chi connectivity index (χ4v) is 1.87. The van der Waals surface area contributed by atoms with E-state index in [2.05, 4.69) is 10.2 Å². The summed E-state index contributed by atoms with van der Waals surface area (Å²) in [6.07, 6.45) is 2.16. The molecule has 1 aromatic heterocycles. The second kappa shape index (κ2) is 5.01. The van der Waals surface area contributed by atoms with Crippen LogP contribution in [0.2, 0.25) is 5.02 Å². The van der Waals surface area contributed by atoms with Gasteiger partial charge in [-0.15, -0.1) is 0 Å². The van der Waals surface area contributed by atoms with E-state index in [1.807, 2.05) is 18.2 Å². The Labute approximate surface area is 103 Å². The molecule has 0 saturated carbocycles. The normalized spacial score (nSPS) is 10.4. The van der Waals surface area contributed by atoms with Crippen LogP contribution in [-0.2, 0) is 11.2 Å². The highest BCUT2D eigenvalue weighted by atomic mass is 35.5. The molecule has 0 aliphatic carbocycles. The Balaban J connectivity index is 2.31. The molecular formula is C12H11ClN2O2. The van der Waals surface area contributed by atoms with Crippen LogP contribution in [0.15, 0.2) is 30.5 Å². The minimum Gasteiger partial charge on any atom is -0.481 e. The highest BCUT2D eigenvalue weighted by Crippen LogP contribution is 2.28. The van der Waals surface area contributed by atoms with Crippen molar-refractivity contribution in [3.8, 4) is 11.3 Å². The first kappa shape index (κ1) is 11.7. The number of carboxylic acid groups (broad SMARTS) is 1. The third-order valence-electron chi connectivity index (χ3n) is 2.47. The number of carbonyl (C=O) groups is 1. The summed E-state index contributed by atoms with van der Waals surface area (Å²) in [5.74, 6) is -0.823. The largest absolute Gasteiger partial charge is 0.481 e. The van der Waals surface area contributed by atoms with Gasteiger partial charge in [0.1, 0.15) is 0 Å². The molecule has 2 N–H and O–H groups in total. The summed E-state index contributed by atoms with van der Waals surface area (Å²) >= 11 is 6.09. The third kappa shape index (κ3) is 2.65. The van der Waals surface area contributed by atoms with Gasteiger partial charge in [0.05, 0.1) is 11.9 Å². The molecule has 0 atom stereocenters. The van der Waals surface area contributed by atoms with Crippen molar-refractivity contribution >= 4 is 17.6 Å². The zero-order chi connectivity index (χ0) is 12.3. The lowest BCUT2D eigenvalue weighted by Gasteiger charge is -2.04. The number of H-pyrrole nitrogens is 1. The van der Waals surface area contributed by atoms with E-state index in [-0.39, 0.29) is 6.42 Å². The number of nitrogens with zero attached hydrogens (tertiary/aromatic N) is 1. The van der Waals surface area contributed by atoms with Gasteiger partial charge in [-0.25, -0.2) is 0 Å². The summed E-state index contributed by atoms with van der Waals surface area (Å²) in [6, 6.07) is 7.39. The maximum Gasteiger partial charge on any atom is 0.303 e. The van der Waals surface area contributed by atoms with E-state index in [0.717, 1.165) is 16.8 Å². The molecule has 0 aliphatic heterocycles. The molecule has 17 heavy (non-hydrogen) atoms. The van der Waals surface area contributed by atoms with E-state index in [9.17, 15) is 4.79 Å². The average molecular weight is 251 g/mol. The smallest absolute Gasteiger partial charge is 0.303 e. The molecule has 2 rings (SSSR count). The lowest BCUT2D eigenvalue weighted by molar-refractivity contribution is -0.136. The van der Waals surface area contributed by atoms with Crippen molar-refractivity contribution in [2.75, 3.05) is 0 Å². The van der Waals surface area contributed by atoms with Crippen LogP contribution in [0.4, 0.5) is 0 Å². The number of hydrogen-bond donors (Lipinski definition) is 2. The van der Waals surface area contributed by atoms with Crippen molar-refractivity contribution in [2.45, 2.75) is 12.8 Å². The molecule has 1 aromatic carbocycles. The number of aromatic nitrogens is 2. The molecule has 0 fully saturated rings. The molecule has 0 bridgehead atoms. The van der Waals surface area contributed by atoms with Gasteiger partial charge in [0.15, 0.2) is 0 Å². The Hall–Kier alpha value is -1.81. The number of nitrogens with one attached hydrogen (secondary N) is 1. The van der Waals surface area contributed by atoms with Crippen LogP contribution in [0, 0.1) is 0 Å². The quantitative estimate of drug-likeness (QED) is 0.877. The zero-order valence-electron chi connectivity index (χ0n) is 8.98. The first-order chi connectivity index (χ1) is 8.18. The minimum atomic E-state index is -0.823. The van der Waals surface area contributed by atoms with Crippen LogP contribution in [-0.4, -0.2) is 21.3 Å². The van der Waals surface area contributed by atoms with Crippen molar-refractivity contribution in [1.29, 1.82) is 0 Å². The lowest BCUT2D eigenvalue weighted by atomic mass is 10.0. The molecule has 0 radical (unpaired) electrons. The maximum absolute atomic E-state index is 10.6. The van der Waals surface area contributed by atoms with Crippen LogP contribution in [0.5, 0.6) is 0 Å². The molecule has 88 valence electrons. The second-order valence-electron chi connectivity index (χ2n) is 3.64. The first-order valence-electron chi connectivity index (χ1n) is 5.17. The van der Waals surface area contributed by atoms with E-state index < -0.39 is 5.97 Å². The number of rotatable bonds is 4. The van der Waals surface area contributed by atoms with Gasteiger partial charge in [0.25, 0.3) is 0 Å². The highest BCUT2D eigenvalue weighted by Gasteiger charge is 2.11. The zero-order valence-corrected chi connectivity index (χ0v) is 9.74. The Morgan fingerprint density at radius 3 is 2.88 bits per heavy atom. The number of aryl methyl sites for hydroxylation is 1. The number of aromatic amines is 1. The SMILES string of the molecule is O=C(O)CCc1cn[nH]c1-c1ccccc1Cl. The van der Waals surface area contributed by atoms with Crippen LogP contribution in [0.25, 0.3) is 11.3 Å². The first-order valence-corrected chi connectivity index (χ1v) is 5.55. The maximum atomic E-state index is 10.6. The van der Waals surface area contributed by atoms with Crippen LogP contribution in [0.1, 0.15) is 12.0 Å². The standard InChI is InChI=1S/C12H11ClN2O2/c13-10-4-2-1-3-9(10)12-8(7-14-15-12)5-6-11(16)17/h1-4,7H,5-6H2,(H,14,15)(H,16,17). The molecule has 5 heteroatoms. The van der Waals surface area contributed by atoms with E-state index >= 15 is 0 Å². The van der Waals surface area contributed by atoms with Crippen molar-refractivity contribution < 1.29 is 9.90 Å². The molecule has 0 amide bonds. The van der Waals surface area contributed by atoms with Gasteiger partial charge in [-0.2, -0.15) is 5.10 Å². The Morgan fingerprint density at radius 2 is 2.18 bits per heavy atom. The van der Waals surface area contributed by atoms with Gasteiger partial charge in [-0.3, -0.25) is 9.89 Å². The van der Waals surface area contributed by atoms with E-state index in [4.69, 9.17) is 16.7 Å². The molecule has 0 saturated heterocycles. The molecular weight excluding hydrogens is 240 g/mol. The van der Waals surface area contributed by atoms with E-state index in [1.54, 1.807) is 12.3 Å². The second-order valence-corrected chi connectivity index (χ2v) is 4.05. The Morgan fingerprint density at radius 1 is 1.41 bits per heavy atom. The van der Waals surface area contributed by atoms with Crippen molar-refractivity contribution in [3.05, 3.63) is 41.0 Å². The van der Waals surface area contributed by atoms with Gasteiger partial charge < -0.3 is 5.11 Å². The predicted octanol–water partition coefficient (Wildman–Crippen LogP) is 2.75. The van der Waals surface area contributed by atoms with E-state index in [1.165, 1.54) is 0 Å². The molecule has 0 unspecified atom stereocenters. The third-order valence-corrected chi connectivity index (χ3v) is 2.80. The number of benzene rings is 1. The molecule has 0 aliphatic rings. The van der Waals surface area contributed by atoms with Crippen molar-refractivity contribution in [3.63, 3.8) is 0 Å². The van der Waals surface area contributed by atoms with Gasteiger partial charge in [-0.05, 0) is 18.1 Å². The Kier molecular flexibility index (Phi) is 3.44. The minimum absolute atomic E-state index is 0.0803. The van der Waals surface area contributed by atoms with Crippen molar-refractivity contribution in [2.24, 2.45) is 0 Å². The predicted molar refractivity (Wildman–Crippen MR) is 65.0 cm³/mol. The number of aliphatic carboxylic acids is 1. The van der Waals surface area contributed by atoms with Crippen molar-refractivity contribution in [1.82, 2.24) is 10.2 Å². The monoisotopic (exact) mass is 250 g/mol. The summed E-state index contributed by atoms with van der Waals surface area (Å²) < 4.78 is 0. The summed E-state index contributed by atoms with van der Waals surface area (Å²) in [4.78, 5) is 10.6. The fourth-order valence-electron chi connectivity index (χ4n) is 1.64. The van der Waals surface area contributed by atoms with Crippen LogP contribution >= 0.6 is 11.6 Å². The highest BCUT2D eigenvalue weighted by molar-refractivity contribution is 6.33. The summed E-state index contributed by atoms with van der Waals surface area (Å²) in [6.45, 7) is 0. The Bertz CT molecular complexity index is 537. The fraction of sp³-hybridized carbons (Fsp3) is 0.167. The van der Waals surface area contributed by atoms with E-state index in [0.29, 0.717) is 11.4 Å². The van der Waals surface area contributed by atoms with Gasteiger partial charge in [-0.1, -0.05) is 29.8 Å². The molecule has 2 aromatic rings. The van der Waals surface area contributed by atoms with Gasteiger partial charge in [0.2, 0.25) is 0 Å². The van der Waals surface area contributed by atoms with Gasteiger partial charge in [0, 0.05) is 17.0 Å². The van der Waals surface area contributed by atoms with Crippen LogP contribution < -0.4 is 0 Å².